The molecule has 0 radical (unpaired) electrons. The zero-order valence-electron chi connectivity index (χ0n) is 20.9. The number of ether oxygens (including phenoxy) is 1. The van der Waals surface area contributed by atoms with E-state index in [2.05, 4.69) is 9.88 Å². The van der Waals surface area contributed by atoms with Gasteiger partial charge in [0.1, 0.15) is 11.8 Å². The lowest BCUT2D eigenvalue weighted by molar-refractivity contribution is -0.162. The van der Waals surface area contributed by atoms with Crippen molar-refractivity contribution < 1.29 is 32.9 Å². The zero-order chi connectivity index (χ0) is 26.4. The molecule has 1 saturated carbocycles. The topological polar surface area (TPSA) is 86.1 Å². The molecular weight excluding hydrogens is 499 g/mol. The summed E-state index contributed by atoms with van der Waals surface area (Å²) in [6, 6.07) is 7.01. The third-order valence-electron chi connectivity index (χ3n) is 9.57. The Balaban J connectivity index is 1.24. The van der Waals surface area contributed by atoms with Crippen molar-refractivity contribution in [2.75, 3.05) is 26.2 Å². The molecule has 7 rings (SSSR count). The molecule has 1 amide bonds. The van der Waals surface area contributed by atoms with Gasteiger partial charge in [0.25, 0.3) is 0 Å². The van der Waals surface area contributed by atoms with E-state index < -0.39 is 29.0 Å². The van der Waals surface area contributed by atoms with Gasteiger partial charge in [-0.2, -0.15) is 13.2 Å². The molecule has 1 aromatic carbocycles. The molecule has 38 heavy (non-hydrogen) atoms. The molecule has 2 N–H and O–H groups in total. The number of alkyl halides is 3. The summed E-state index contributed by atoms with van der Waals surface area (Å²) in [7, 11) is 0. The molecule has 4 atom stereocenters. The maximum Gasteiger partial charge on any atom is 0.433 e. The minimum absolute atomic E-state index is 0.0263. The fourth-order valence-electron chi connectivity index (χ4n) is 7.63. The Morgan fingerprint density at radius 2 is 1.97 bits per heavy atom. The summed E-state index contributed by atoms with van der Waals surface area (Å²) in [5.74, 6) is 0.722. The summed E-state index contributed by atoms with van der Waals surface area (Å²) in [6.07, 6.45) is -1.40. The number of pyridine rings is 1. The number of likely N-dealkylation sites (tertiary alicyclic amines) is 2. The molecule has 2 aromatic rings. The van der Waals surface area contributed by atoms with E-state index in [0.717, 1.165) is 30.3 Å². The summed E-state index contributed by atoms with van der Waals surface area (Å²) < 4.78 is 45.9. The number of nitrogens with zero attached hydrogens (tertiary/aromatic N) is 3. The Hall–Kier alpha value is -2.85. The molecule has 4 heterocycles. The third-order valence-corrected chi connectivity index (χ3v) is 9.57. The van der Waals surface area contributed by atoms with Crippen molar-refractivity contribution in [2.45, 2.75) is 67.9 Å². The predicted octanol–water partition coefficient (Wildman–Crippen LogP) is 3.05. The van der Waals surface area contributed by atoms with Crippen LogP contribution in [0.15, 0.2) is 30.3 Å². The smallest absolute Gasteiger partial charge is 0.433 e. The number of aromatic nitrogens is 1. The number of carbonyl (C=O) groups is 1. The van der Waals surface area contributed by atoms with Gasteiger partial charge in [0.2, 0.25) is 5.91 Å². The second-order valence-corrected chi connectivity index (χ2v) is 11.6. The molecule has 2 saturated heterocycles. The second kappa shape index (κ2) is 8.08. The van der Waals surface area contributed by atoms with Crippen LogP contribution in [0.5, 0.6) is 11.5 Å². The maximum atomic E-state index is 13.4. The number of rotatable bonds is 4. The number of benzene rings is 1. The minimum atomic E-state index is -4.59. The maximum absolute atomic E-state index is 13.4. The lowest BCUT2D eigenvalue weighted by Gasteiger charge is -2.60. The first-order valence-corrected chi connectivity index (χ1v) is 13.4. The molecule has 7 nitrogen and oxygen atoms in total. The largest absolute Gasteiger partial charge is 0.504 e. The van der Waals surface area contributed by atoms with Gasteiger partial charge in [0, 0.05) is 24.7 Å². The fraction of sp³-hybridized carbons (Fsp3) is 0.571. The summed E-state index contributed by atoms with van der Waals surface area (Å²) in [5, 5.41) is 23.3. The van der Waals surface area contributed by atoms with Crippen LogP contribution in [0, 0.1) is 5.92 Å². The fourth-order valence-corrected chi connectivity index (χ4v) is 7.63. The first-order valence-electron chi connectivity index (χ1n) is 13.4. The summed E-state index contributed by atoms with van der Waals surface area (Å²) in [5.41, 5.74) is -0.957. The average molecular weight is 530 g/mol. The molecule has 5 aliphatic rings. The van der Waals surface area contributed by atoms with E-state index in [1.165, 1.54) is 25.0 Å². The Morgan fingerprint density at radius 3 is 2.74 bits per heavy atom. The first kappa shape index (κ1) is 24.2. The number of carbonyl (C=O) groups excluding carboxylic acids is 1. The van der Waals surface area contributed by atoms with Crippen molar-refractivity contribution in [3.63, 3.8) is 0 Å². The number of piperidine rings is 1. The Labute approximate surface area is 218 Å². The van der Waals surface area contributed by atoms with E-state index in [9.17, 15) is 28.2 Å². The van der Waals surface area contributed by atoms with Crippen LogP contribution >= 0.6 is 0 Å². The Morgan fingerprint density at radius 1 is 1.16 bits per heavy atom. The summed E-state index contributed by atoms with van der Waals surface area (Å²) >= 11 is 0. The minimum Gasteiger partial charge on any atom is -0.504 e. The van der Waals surface area contributed by atoms with Gasteiger partial charge < -0.3 is 19.8 Å². The summed E-state index contributed by atoms with van der Waals surface area (Å²) in [4.78, 5) is 21.1. The number of amides is 1. The SMILES string of the molecule is O=C(Cc1cccc(C(F)(F)F)n1)N1CCC2(O)C3Cc4ccc(O)c5c4C2(CCN3CC2CC2)[C@H](C1)O5. The number of hydrogen-bond donors (Lipinski definition) is 2. The van der Waals surface area contributed by atoms with Crippen LogP contribution in [0.1, 0.15) is 48.2 Å². The molecule has 3 fully saturated rings. The number of aliphatic hydroxyl groups is 1. The third kappa shape index (κ3) is 3.42. The van der Waals surface area contributed by atoms with Crippen molar-refractivity contribution in [2.24, 2.45) is 5.92 Å². The number of phenols is 1. The van der Waals surface area contributed by atoms with Crippen LogP contribution in [0.4, 0.5) is 13.2 Å². The standard InChI is InChI=1S/C28H30F3N3O4/c29-28(30,31)20-3-1-2-18(32-20)13-23(36)34-11-9-27(37)21-12-17-6-7-19(35)25-24(17)26(27,22(15-34)38-25)8-10-33(21)14-16-4-5-16/h1-3,6-7,16,21-22,35,37H,4-5,8-15H2/t21?,22-,26?,27?/m0/s1. The zero-order valence-corrected chi connectivity index (χ0v) is 20.9. The number of phenolic OH excluding ortho intramolecular Hbond substituents is 1. The lowest BCUT2D eigenvalue weighted by Crippen LogP contribution is -2.74. The average Bonchev–Trinajstić information content (AvgIpc) is 3.64. The highest BCUT2D eigenvalue weighted by Crippen LogP contribution is 2.63. The molecule has 10 heteroatoms. The van der Waals surface area contributed by atoms with Gasteiger partial charge in [-0.05, 0) is 68.3 Å². The van der Waals surface area contributed by atoms with E-state index >= 15 is 0 Å². The monoisotopic (exact) mass is 529 g/mol. The molecule has 2 bridgehead atoms. The van der Waals surface area contributed by atoms with Crippen LogP contribution in [0.2, 0.25) is 0 Å². The van der Waals surface area contributed by atoms with Gasteiger partial charge in [-0.15, -0.1) is 0 Å². The molecule has 2 aliphatic carbocycles. The highest BCUT2D eigenvalue weighted by Gasteiger charge is 2.71. The Bertz CT molecular complexity index is 1310. The van der Waals surface area contributed by atoms with Gasteiger partial charge in [-0.3, -0.25) is 9.69 Å². The molecule has 3 aliphatic heterocycles. The van der Waals surface area contributed by atoms with Gasteiger partial charge >= 0.3 is 6.18 Å². The highest BCUT2D eigenvalue weighted by atomic mass is 19.4. The van der Waals surface area contributed by atoms with Crippen molar-refractivity contribution in [1.29, 1.82) is 0 Å². The molecular formula is C28H30F3N3O4. The van der Waals surface area contributed by atoms with Crippen molar-refractivity contribution in [1.82, 2.24) is 14.8 Å². The number of aromatic hydroxyl groups is 1. The molecule has 1 spiro atoms. The van der Waals surface area contributed by atoms with Crippen LogP contribution in [-0.2, 0) is 29.2 Å². The van der Waals surface area contributed by atoms with Gasteiger partial charge in [0.05, 0.1) is 29.7 Å². The van der Waals surface area contributed by atoms with Crippen LogP contribution in [-0.4, -0.2) is 74.8 Å². The van der Waals surface area contributed by atoms with E-state index in [1.54, 1.807) is 11.0 Å². The number of halogens is 3. The lowest BCUT2D eigenvalue weighted by atomic mass is 9.52. The second-order valence-electron chi connectivity index (χ2n) is 11.6. The van der Waals surface area contributed by atoms with Crippen molar-refractivity contribution in [3.8, 4) is 11.5 Å². The number of hydrogen-bond acceptors (Lipinski definition) is 6. The normalized spacial score (nSPS) is 31.9. The first-order chi connectivity index (χ1) is 18.1. The quantitative estimate of drug-likeness (QED) is 0.634. The van der Waals surface area contributed by atoms with Crippen molar-refractivity contribution >= 4 is 5.91 Å². The van der Waals surface area contributed by atoms with E-state index in [1.807, 2.05) is 6.07 Å². The van der Waals surface area contributed by atoms with Crippen LogP contribution < -0.4 is 4.74 Å². The van der Waals surface area contributed by atoms with Gasteiger partial charge in [-0.25, -0.2) is 4.98 Å². The summed E-state index contributed by atoms with van der Waals surface area (Å²) in [6.45, 7) is 2.20. The van der Waals surface area contributed by atoms with Crippen molar-refractivity contribution in [3.05, 3.63) is 52.8 Å². The van der Waals surface area contributed by atoms with Gasteiger partial charge in [-0.1, -0.05) is 12.1 Å². The Kier molecular flexibility index (Phi) is 5.15. The highest BCUT2D eigenvalue weighted by molar-refractivity contribution is 5.78. The van der Waals surface area contributed by atoms with Crippen LogP contribution in [0.25, 0.3) is 0 Å². The van der Waals surface area contributed by atoms with E-state index in [0.29, 0.717) is 30.9 Å². The predicted molar refractivity (Wildman–Crippen MR) is 130 cm³/mol. The van der Waals surface area contributed by atoms with E-state index in [-0.39, 0.29) is 42.9 Å². The molecule has 1 aromatic heterocycles. The molecule has 202 valence electrons. The van der Waals surface area contributed by atoms with Crippen LogP contribution in [0.3, 0.4) is 0 Å². The van der Waals surface area contributed by atoms with Gasteiger partial charge in [0.15, 0.2) is 11.5 Å². The molecule has 3 unspecified atom stereocenters. The van der Waals surface area contributed by atoms with E-state index in [4.69, 9.17) is 4.74 Å².